The summed E-state index contributed by atoms with van der Waals surface area (Å²) in [6, 6.07) is 9.75. The molecule has 192 valence electrons. The molecule has 2 aromatic heterocycles. The van der Waals surface area contributed by atoms with Gasteiger partial charge in [0, 0.05) is 5.69 Å². The third-order valence-electron chi connectivity index (χ3n) is 5.18. The van der Waals surface area contributed by atoms with Gasteiger partial charge in [0.05, 0.1) is 24.2 Å². The van der Waals surface area contributed by atoms with Gasteiger partial charge in [-0.05, 0) is 63.1 Å². The Morgan fingerprint density at radius 2 is 1.78 bits per heavy atom. The maximum Gasteiger partial charge on any atom is 0.281 e. The van der Waals surface area contributed by atoms with Gasteiger partial charge in [0.1, 0.15) is 5.82 Å². The van der Waals surface area contributed by atoms with Gasteiger partial charge in [-0.25, -0.2) is 9.07 Å². The van der Waals surface area contributed by atoms with E-state index in [1.54, 1.807) is 25.3 Å². The number of benzene rings is 2. The van der Waals surface area contributed by atoms with Gasteiger partial charge in [0.2, 0.25) is 11.0 Å². The Bertz CT molecular complexity index is 1410. The summed E-state index contributed by atoms with van der Waals surface area (Å²) < 4.78 is 20.8. The molecule has 2 aromatic carbocycles. The summed E-state index contributed by atoms with van der Waals surface area (Å²) in [6.07, 6.45) is 1.56. The van der Waals surface area contributed by atoms with Gasteiger partial charge in [0.25, 0.3) is 5.91 Å². The van der Waals surface area contributed by atoms with Crippen molar-refractivity contribution in [2.45, 2.75) is 32.0 Å². The number of halogens is 1. The third-order valence-corrected chi connectivity index (χ3v) is 7.15. The molecule has 37 heavy (non-hydrogen) atoms. The number of rotatable bonds is 9. The van der Waals surface area contributed by atoms with Gasteiger partial charge < -0.3 is 10.1 Å². The molecule has 9 nitrogen and oxygen atoms in total. The van der Waals surface area contributed by atoms with E-state index in [9.17, 15) is 14.0 Å². The molecular weight excluding hydrogens is 515 g/mol. The molecule has 0 saturated heterocycles. The molecule has 2 heterocycles. The van der Waals surface area contributed by atoms with Crippen LogP contribution in [0.5, 0.6) is 5.75 Å². The van der Waals surface area contributed by atoms with Gasteiger partial charge in [-0.2, -0.15) is 5.10 Å². The quantitative estimate of drug-likeness (QED) is 0.223. The first-order chi connectivity index (χ1) is 17.7. The highest BCUT2D eigenvalue weighted by Crippen LogP contribution is 2.28. The van der Waals surface area contributed by atoms with Gasteiger partial charge in [-0.15, -0.1) is 10.2 Å². The van der Waals surface area contributed by atoms with Gasteiger partial charge >= 0.3 is 0 Å². The van der Waals surface area contributed by atoms with Crippen LogP contribution in [0.4, 0.5) is 15.2 Å². The first kappa shape index (κ1) is 26.3. The van der Waals surface area contributed by atoms with E-state index in [1.807, 2.05) is 32.9 Å². The highest BCUT2D eigenvalue weighted by atomic mass is 32.2. The molecule has 0 spiro atoms. The predicted molar refractivity (Wildman–Crippen MR) is 143 cm³/mol. The molecule has 4 rings (SSSR count). The lowest BCUT2D eigenvalue weighted by molar-refractivity contribution is -0.113. The number of hydrogen-bond acceptors (Lipinski definition) is 8. The monoisotopic (exact) mass is 540 g/mol. The van der Waals surface area contributed by atoms with E-state index in [0.717, 1.165) is 33.7 Å². The molecule has 0 saturated carbocycles. The van der Waals surface area contributed by atoms with Gasteiger partial charge in [-0.1, -0.05) is 40.8 Å². The zero-order valence-corrected chi connectivity index (χ0v) is 22.3. The number of ether oxygens (including phenoxy) is 1. The Hall–Kier alpha value is -3.77. The molecule has 12 heteroatoms. The number of thioether (sulfide) groups is 1. The molecule has 2 amide bonds. The Kier molecular flexibility index (Phi) is 8.19. The number of carbonyl (C=O) groups excluding carboxylic acids is 2. The second-order valence-electron chi connectivity index (χ2n) is 8.13. The summed E-state index contributed by atoms with van der Waals surface area (Å²) in [4.78, 5) is 25.4. The van der Waals surface area contributed by atoms with E-state index in [-0.39, 0.29) is 34.1 Å². The van der Waals surface area contributed by atoms with Gasteiger partial charge in [0.15, 0.2) is 15.8 Å². The number of amides is 2. The van der Waals surface area contributed by atoms with Crippen LogP contribution in [0, 0.1) is 26.6 Å². The van der Waals surface area contributed by atoms with Crippen LogP contribution in [-0.2, 0) is 4.79 Å². The van der Waals surface area contributed by atoms with Gasteiger partial charge in [-0.3, -0.25) is 14.9 Å². The third kappa shape index (κ3) is 6.52. The first-order valence-corrected chi connectivity index (χ1v) is 13.2. The Morgan fingerprint density at radius 1 is 1.08 bits per heavy atom. The lowest BCUT2D eigenvalue weighted by Gasteiger charge is -2.12. The van der Waals surface area contributed by atoms with E-state index in [0.29, 0.717) is 16.6 Å². The summed E-state index contributed by atoms with van der Waals surface area (Å²) in [6.45, 7) is 8.06. The van der Waals surface area contributed by atoms with Crippen molar-refractivity contribution in [2.24, 2.45) is 0 Å². The number of aryl methyl sites for hydroxylation is 3. The highest BCUT2D eigenvalue weighted by molar-refractivity contribution is 8.01. The van der Waals surface area contributed by atoms with Crippen molar-refractivity contribution in [1.29, 1.82) is 0 Å². The van der Waals surface area contributed by atoms with Crippen molar-refractivity contribution in [3.63, 3.8) is 0 Å². The number of anilines is 2. The topological polar surface area (TPSA) is 111 Å². The molecule has 0 aliphatic carbocycles. The molecule has 0 aliphatic heterocycles. The summed E-state index contributed by atoms with van der Waals surface area (Å²) in [5.41, 5.74) is 4.59. The summed E-state index contributed by atoms with van der Waals surface area (Å²) >= 11 is 2.37. The fourth-order valence-corrected chi connectivity index (χ4v) is 5.20. The van der Waals surface area contributed by atoms with Crippen molar-refractivity contribution < 1.29 is 18.7 Å². The predicted octanol–water partition coefficient (Wildman–Crippen LogP) is 5.17. The van der Waals surface area contributed by atoms with E-state index in [2.05, 4.69) is 25.9 Å². The van der Waals surface area contributed by atoms with Crippen molar-refractivity contribution in [2.75, 3.05) is 23.0 Å². The average molecular weight is 541 g/mol. The largest absolute Gasteiger partial charge is 0.490 e. The van der Waals surface area contributed by atoms with Crippen LogP contribution in [0.1, 0.15) is 34.1 Å². The van der Waals surface area contributed by atoms with Crippen LogP contribution in [0.15, 0.2) is 46.9 Å². The smallest absolute Gasteiger partial charge is 0.281 e. The normalized spacial score (nSPS) is 10.8. The molecule has 0 aliphatic rings. The average Bonchev–Trinajstić information content (AvgIpc) is 3.48. The molecule has 0 atom stereocenters. The van der Waals surface area contributed by atoms with Crippen molar-refractivity contribution >= 4 is 45.7 Å². The fourth-order valence-electron chi connectivity index (χ4n) is 3.66. The molecule has 4 aromatic rings. The molecule has 2 N–H and O–H groups in total. The number of hydrogen-bond donors (Lipinski definition) is 2. The minimum absolute atomic E-state index is 0.0544. The van der Waals surface area contributed by atoms with Crippen molar-refractivity contribution in [3.05, 3.63) is 70.8 Å². The SMILES string of the molecule is CCOc1cn(-c2ccc(F)cc2)nc1C(=O)Nc1nnc(SCC(=O)Nc2c(C)cc(C)cc2C)s1. The molecule has 0 unspecified atom stereocenters. The number of carbonyl (C=O) groups is 2. The highest BCUT2D eigenvalue weighted by Gasteiger charge is 2.21. The lowest BCUT2D eigenvalue weighted by Crippen LogP contribution is -2.15. The van der Waals surface area contributed by atoms with E-state index in [1.165, 1.54) is 28.6 Å². The van der Waals surface area contributed by atoms with Crippen LogP contribution in [0.2, 0.25) is 0 Å². The van der Waals surface area contributed by atoms with Crippen molar-refractivity contribution in [1.82, 2.24) is 20.0 Å². The summed E-state index contributed by atoms with van der Waals surface area (Å²) in [5.74, 6) is -0.636. The van der Waals surface area contributed by atoms with Crippen molar-refractivity contribution in [3.8, 4) is 11.4 Å². The zero-order chi connectivity index (χ0) is 26.5. The minimum Gasteiger partial charge on any atom is -0.490 e. The van der Waals surface area contributed by atoms with Crippen LogP contribution in [-0.4, -0.2) is 44.2 Å². The van der Waals surface area contributed by atoms with E-state index < -0.39 is 5.91 Å². The number of nitrogens with zero attached hydrogens (tertiary/aromatic N) is 4. The standard InChI is InChI=1S/C25H25FN6O3S2/c1-5-35-19-12-32(18-8-6-17(26)7-9-18)31-22(19)23(34)28-24-29-30-25(37-24)36-13-20(33)27-21-15(3)10-14(2)11-16(21)4/h6-12H,5,13H2,1-4H3,(H,27,33)(H,28,29,34). The summed E-state index contributed by atoms with van der Waals surface area (Å²) in [5, 5.41) is 18.2. The van der Waals surface area contributed by atoms with Crippen LogP contribution in [0.25, 0.3) is 5.69 Å². The minimum atomic E-state index is -0.528. The summed E-state index contributed by atoms with van der Waals surface area (Å²) in [7, 11) is 0. The Labute approximate surface area is 221 Å². The lowest BCUT2D eigenvalue weighted by atomic mass is 10.1. The maximum absolute atomic E-state index is 13.3. The van der Waals surface area contributed by atoms with Crippen LogP contribution >= 0.6 is 23.1 Å². The van der Waals surface area contributed by atoms with E-state index >= 15 is 0 Å². The molecule has 0 radical (unpaired) electrons. The van der Waals surface area contributed by atoms with E-state index in [4.69, 9.17) is 4.74 Å². The first-order valence-electron chi connectivity index (χ1n) is 11.4. The number of nitrogens with one attached hydrogen (secondary N) is 2. The second kappa shape index (κ2) is 11.5. The molecular formula is C25H25FN6O3S2. The molecule has 0 bridgehead atoms. The second-order valence-corrected chi connectivity index (χ2v) is 10.3. The fraction of sp³-hybridized carbons (Fsp3) is 0.240. The number of aromatic nitrogens is 4. The Morgan fingerprint density at radius 3 is 2.46 bits per heavy atom. The van der Waals surface area contributed by atoms with Crippen LogP contribution in [0.3, 0.4) is 0 Å². The maximum atomic E-state index is 13.3. The zero-order valence-electron chi connectivity index (χ0n) is 20.7. The molecule has 0 fully saturated rings. The Balaban J connectivity index is 1.39. The van der Waals surface area contributed by atoms with Crippen LogP contribution < -0.4 is 15.4 Å².